The van der Waals surface area contributed by atoms with Gasteiger partial charge in [-0.2, -0.15) is 0 Å². The van der Waals surface area contributed by atoms with Crippen LogP contribution in [0.3, 0.4) is 0 Å². The molecule has 0 spiro atoms. The molecule has 1 unspecified atom stereocenters. The number of unbranched alkanes of at least 4 members (excludes halogenated alkanes) is 33. The molecule has 0 aromatic rings. The largest absolute Gasteiger partial charge is 0.462 e. The Kier molecular flexibility index (Phi) is 55.3. The number of allylic oxidation sites excluding steroid dienone is 10. The van der Waals surface area contributed by atoms with Crippen molar-refractivity contribution in [1.29, 1.82) is 0 Å². The highest BCUT2D eigenvalue weighted by Crippen LogP contribution is 2.17. The SMILES string of the molecule is CC/C=C\C/C=C\C/C=C\CCCCCC(=O)OCC(COC(=O)CCCCCCCCCCCCCCCCCCCCCCCC)OC(=O)CCCCCCC/C=C\C/C=C\CCCCCC. The van der Waals surface area contributed by atoms with E-state index in [0.29, 0.717) is 19.3 Å². The zero-order valence-corrected chi connectivity index (χ0v) is 45.8. The Morgan fingerprint density at radius 2 is 0.565 bits per heavy atom. The van der Waals surface area contributed by atoms with Crippen LogP contribution in [0.25, 0.3) is 0 Å². The normalized spacial score (nSPS) is 12.4. The van der Waals surface area contributed by atoms with Crippen molar-refractivity contribution in [2.45, 2.75) is 309 Å². The van der Waals surface area contributed by atoms with Gasteiger partial charge in [0.15, 0.2) is 6.10 Å². The minimum absolute atomic E-state index is 0.0869. The van der Waals surface area contributed by atoms with Gasteiger partial charge in [0, 0.05) is 19.3 Å². The van der Waals surface area contributed by atoms with E-state index in [9.17, 15) is 14.4 Å². The number of hydrogen-bond acceptors (Lipinski definition) is 6. The quantitative estimate of drug-likeness (QED) is 0.0262. The van der Waals surface area contributed by atoms with E-state index in [2.05, 4.69) is 81.5 Å². The molecule has 0 fully saturated rings. The van der Waals surface area contributed by atoms with Crippen LogP contribution in [0.5, 0.6) is 0 Å². The van der Waals surface area contributed by atoms with Crippen molar-refractivity contribution in [1.82, 2.24) is 0 Å². The Labute approximate surface area is 428 Å². The van der Waals surface area contributed by atoms with Crippen LogP contribution in [0.2, 0.25) is 0 Å². The van der Waals surface area contributed by atoms with E-state index in [1.165, 1.54) is 154 Å². The summed E-state index contributed by atoms with van der Waals surface area (Å²) < 4.78 is 16.8. The first-order valence-electron chi connectivity index (χ1n) is 29.8. The van der Waals surface area contributed by atoms with Gasteiger partial charge < -0.3 is 14.2 Å². The van der Waals surface area contributed by atoms with Crippen LogP contribution in [0.1, 0.15) is 303 Å². The molecule has 0 aliphatic rings. The maximum absolute atomic E-state index is 12.8. The molecule has 0 saturated heterocycles. The van der Waals surface area contributed by atoms with Crippen LogP contribution < -0.4 is 0 Å². The van der Waals surface area contributed by atoms with E-state index in [4.69, 9.17) is 14.2 Å². The lowest BCUT2D eigenvalue weighted by molar-refractivity contribution is -0.167. The summed E-state index contributed by atoms with van der Waals surface area (Å²) in [5.74, 6) is -0.919. The Hall–Kier alpha value is -2.89. The van der Waals surface area contributed by atoms with Crippen LogP contribution in [-0.4, -0.2) is 37.2 Å². The van der Waals surface area contributed by atoms with Crippen LogP contribution in [0, 0.1) is 0 Å². The van der Waals surface area contributed by atoms with Gasteiger partial charge in [0.05, 0.1) is 0 Å². The number of rotatable bonds is 54. The lowest BCUT2D eigenvalue weighted by atomic mass is 10.0. The maximum atomic E-state index is 12.8. The second-order valence-corrected chi connectivity index (χ2v) is 19.9. The highest BCUT2D eigenvalue weighted by Gasteiger charge is 2.19. The summed E-state index contributed by atoms with van der Waals surface area (Å²) in [4.78, 5) is 38.1. The molecule has 0 bridgehead atoms. The van der Waals surface area contributed by atoms with Crippen molar-refractivity contribution in [3.05, 3.63) is 60.8 Å². The lowest BCUT2D eigenvalue weighted by Gasteiger charge is -2.18. The topological polar surface area (TPSA) is 78.9 Å². The molecule has 0 N–H and O–H groups in total. The first kappa shape index (κ1) is 66.1. The third-order valence-corrected chi connectivity index (χ3v) is 13.0. The molecule has 0 aliphatic heterocycles. The zero-order chi connectivity index (χ0) is 50.0. The molecule has 0 rings (SSSR count). The Bertz CT molecular complexity index is 1250. The van der Waals surface area contributed by atoms with E-state index in [1.54, 1.807) is 0 Å². The molecule has 0 heterocycles. The standard InChI is InChI=1S/C63H112O6/c1-4-7-10-13-16-19-22-25-27-29-30-31-32-33-34-36-38-41-44-47-50-53-56-62(65)68-59-60(58-67-61(64)55-52-49-46-43-40-37-24-21-18-15-12-9-6-3)69-63(66)57-54-51-48-45-42-39-35-28-26-23-20-17-14-11-8-5-2/h9,12,18,20-21,23,28,35,37,40,60H,4-8,10-11,13-17,19,22,24-27,29-34,36,38-39,41-59H2,1-3H3/b12-9-,21-18-,23-20-,35-28-,40-37-. The molecular formula is C63H112O6. The molecule has 0 aromatic carbocycles. The first-order valence-corrected chi connectivity index (χ1v) is 29.8. The van der Waals surface area contributed by atoms with Gasteiger partial charge in [0.2, 0.25) is 0 Å². The molecule has 0 aliphatic carbocycles. The fourth-order valence-corrected chi connectivity index (χ4v) is 8.55. The summed E-state index contributed by atoms with van der Waals surface area (Å²) in [5.41, 5.74) is 0. The minimum atomic E-state index is -0.792. The van der Waals surface area contributed by atoms with Gasteiger partial charge in [-0.05, 0) is 83.5 Å². The third-order valence-electron chi connectivity index (χ3n) is 13.0. The number of esters is 3. The summed E-state index contributed by atoms with van der Waals surface area (Å²) in [6, 6.07) is 0. The van der Waals surface area contributed by atoms with Gasteiger partial charge in [-0.25, -0.2) is 0 Å². The van der Waals surface area contributed by atoms with Crippen LogP contribution in [0.4, 0.5) is 0 Å². The second kappa shape index (κ2) is 57.7. The van der Waals surface area contributed by atoms with Crippen molar-refractivity contribution < 1.29 is 28.6 Å². The summed E-state index contributed by atoms with van der Waals surface area (Å²) in [6.07, 6.45) is 72.3. The van der Waals surface area contributed by atoms with Gasteiger partial charge in [0.1, 0.15) is 13.2 Å². The average Bonchev–Trinajstić information content (AvgIpc) is 3.35. The maximum Gasteiger partial charge on any atom is 0.306 e. The Morgan fingerprint density at radius 1 is 0.304 bits per heavy atom. The minimum Gasteiger partial charge on any atom is -0.462 e. The number of ether oxygens (including phenoxy) is 3. The Balaban J connectivity index is 4.32. The predicted molar refractivity (Wildman–Crippen MR) is 298 cm³/mol. The number of hydrogen-bond donors (Lipinski definition) is 0. The van der Waals surface area contributed by atoms with Crippen LogP contribution in [-0.2, 0) is 28.6 Å². The van der Waals surface area contributed by atoms with Crippen molar-refractivity contribution >= 4 is 17.9 Å². The fourth-order valence-electron chi connectivity index (χ4n) is 8.55. The molecule has 0 aromatic heterocycles. The molecule has 6 heteroatoms. The second-order valence-electron chi connectivity index (χ2n) is 19.9. The molecule has 69 heavy (non-hydrogen) atoms. The van der Waals surface area contributed by atoms with Crippen LogP contribution in [0.15, 0.2) is 60.8 Å². The fraction of sp³-hybridized carbons (Fsp3) is 0.794. The molecule has 1 atom stereocenters. The summed E-state index contributed by atoms with van der Waals surface area (Å²) in [7, 11) is 0. The smallest absolute Gasteiger partial charge is 0.306 e. The van der Waals surface area contributed by atoms with Gasteiger partial charge in [0.25, 0.3) is 0 Å². The van der Waals surface area contributed by atoms with Gasteiger partial charge >= 0.3 is 17.9 Å². The third kappa shape index (κ3) is 55.9. The van der Waals surface area contributed by atoms with E-state index < -0.39 is 6.10 Å². The van der Waals surface area contributed by atoms with E-state index >= 15 is 0 Å². The summed E-state index contributed by atoms with van der Waals surface area (Å²) in [5, 5.41) is 0. The monoisotopic (exact) mass is 965 g/mol. The van der Waals surface area contributed by atoms with Gasteiger partial charge in [-0.3, -0.25) is 14.4 Å². The van der Waals surface area contributed by atoms with Gasteiger partial charge in [-0.15, -0.1) is 0 Å². The van der Waals surface area contributed by atoms with E-state index in [1.807, 2.05) is 0 Å². The van der Waals surface area contributed by atoms with Crippen LogP contribution >= 0.6 is 0 Å². The lowest BCUT2D eigenvalue weighted by Crippen LogP contribution is -2.30. The average molecular weight is 966 g/mol. The molecule has 0 radical (unpaired) electrons. The van der Waals surface area contributed by atoms with Crippen molar-refractivity contribution in [2.24, 2.45) is 0 Å². The van der Waals surface area contributed by atoms with E-state index in [-0.39, 0.29) is 31.1 Å². The zero-order valence-electron chi connectivity index (χ0n) is 45.8. The predicted octanol–water partition coefficient (Wildman–Crippen LogP) is 20.0. The highest BCUT2D eigenvalue weighted by molar-refractivity contribution is 5.71. The molecule has 400 valence electrons. The van der Waals surface area contributed by atoms with Gasteiger partial charge in [-0.1, -0.05) is 261 Å². The van der Waals surface area contributed by atoms with Crippen molar-refractivity contribution in [2.75, 3.05) is 13.2 Å². The number of carbonyl (C=O) groups excluding carboxylic acids is 3. The Morgan fingerprint density at radius 3 is 0.913 bits per heavy atom. The van der Waals surface area contributed by atoms with Crippen molar-refractivity contribution in [3.8, 4) is 0 Å². The summed E-state index contributed by atoms with van der Waals surface area (Å²) in [6.45, 7) is 6.51. The highest BCUT2D eigenvalue weighted by atomic mass is 16.6. The molecule has 0 amide bonds. The number of carbonyl (C=O) groups is 3. The summed E-state index contributed by atoms with van der Waals surface area (Å²) >= 11 is 0. The molecule has 0 saturated carbocycles. The molecule has 6 nitrogen and oxygen atoms in total. The van der Waals surface area contributed by atoms with E-state index in [0.717, 1.165) is 109 Å². The molecular weight excluding hydrogens is 853 g/mol. The first-order chi connectivity index (χ1) is 34.0. The van der Waals surface area contributed by atoms with Crippen molar-refractivity contribution in [3.63, 3.8) is 0 Å².